The van der Waals surface area contributed by atoms with E-state index < -0.39 is 11.9 Å². The zero-order valence-electron chi connectivity index (χ0n) is 11.4. The normalized spacial score (nSPS) is 14.8. The Morgan fingerprint density at radius 1 is 1.30 bits per heavy atom. The van der Waals surface area contributed by atoms with Crippen molar-refractivity contribution >= 4 is 23.3 Å². The molecule has 1 aromatic carbocycles. The van der Waals surface area contributed by atoms with Crippen LogP contribution in [0.5, 0.6) is 0 Å². The standard InChI is InChI=1S/C14H18N2O4/c1-2-20-14(18)13(17)15-11-5-3-4-6-12(11)16-7-9-19-10-8-16/h3-6H,2,7-10H2,1H3,(H,15,17). The molecule has 6 nitrogen and oxygen atoms in total. The summed E-state index contributed by atoms with van der Waals surface area (Å²) in [5.74, 6) is -1.63. The molecule has 0 atom stereocenters. The first kappa shape index (κ1) is 14.3. The minimum Gasteiger partial charge on any atom is -0.459 e. The number of nitrogens with zero attached hydrogens (tertiary/aromatic N) is 1. The Kier molecular flexibility index (Phi) is 4.95. The Labute approximate surface area is 117 Å². The van der Waals surface area contributed by atoms with Gasteiger partial charge in [-0.2, -0.15) is 0 Å². The van der Waals surface area contributed by atoms with E-state index in [9.17, 15) is 9.59 Å². The Hall–Kier alpha value is -2.08. The molecule has 0 bridgehead atoms. The molecular weight excluding hydrogens is 260 g/mol. The van der Waals surface area contributed by atoms with E-state index in [4.69, 9.17) is 4.74 Å². The molecule has 6 heteroatoms. The molecule has 0 aliphatic carbocycles. The summed E-state index contributed by atoms with van der Waals surface area (Å²) < 4.78 is 9.99. The lowest BCUT2D eigenvalue weighted by Gasteiger charge is -2.30. The topological polar surface area (TPSA) is 67.9 Å². The Balaban J connectivity index is 2.11. The van der Waals surface area contributed by atoms with Crippen molar-refractivity contribution in [1.29, 1.82) is 0 Å². The smallest absolute Gasteiger partial charge is 0.397 e. The van der Waals surface area contributed by atoms with Crippen LogP contribution in [-0.2, 0) is 19.1 Å². The van der Waals surface area contributed by atoms with Crippen molar-refractivity contribution in [2.24, 2.45) is 0 Å². The van der Waals surface area contributed by atoms with Gasteiger partial charge in [-0.3, -0.25) is 4.79 Å². The molecule has 0 radical (unpaired) electrons. The number of hydrogen-bond acceptors (Lipinski definition) is 5. The minimum absolute atomic E-state index is 0.178. The fourth-order valence-corrected chi connectivity index (χ4v) is 2.03. The van der Waals surface area contributed by atoms with Gasteiger partial charge in [0.25, 0.3) is 0 Å². The number of carbonyl (C=O) groups is 2. The SMILES string of the molecule is CCOC(=O)C(=O)Nc1ccccc1N1CCOCC1. The van der Waals surface area contributed by atoms with Crippen molar-refractivity contribution < 1.29 is 19.1 Å². The van der Waals surface area contributed by atoms with Crippen molar-refractivity contribution in [1.82, 2.24) is 0 Å². The van der Waals surface area contributed by atoms with Crippen LogP contribution < -0.4 is 10.2 Å². The molecule has 20 heavy (non-hydrogen) atoms. The summed E-state index contributed by atoms with van der Waals surface area (Å²) in [6.07, 6.45) is 0. The van der Waals surface area contributed by atoms with E-state index in [0.717, 1.165) is 18.8 Å². The molecule has 1 aliphatic rings. The van der Waals surface area contributed by atoms with Crippen LogP contribution in [0.3, 0.4) is 0 Å². The van der Waals surface area contributed by atoms with Crippen LogP contribution in [0.2, 0.25) is 0 Å². The molecule has 1 aliphatic heterocycles. The summed E-state index contributed by atoms with van der Waals surface area (Å²) in [4.78, 5) is 25.2. The maximum absolute atomic E-state index is 11.7. The first-order valence-electron chi connectivity index (χ1n) is 6.62. The van der Waals surface area contributed by atoms with Crippen LogP contribution in [0, 0.1) is 0 Å². The molecule has 0 unspecified atom stereocenters. The molecule has 1 saturated heterocycles. The summed E-state index contributed by atoms with van der Waals surface area (Å²) in [7, 11) is 0. The fraction of sp³-hybridized carbons (Fsp3) is 0.429. The monoisotopic (exact) mass is 278 g/mol. The highest BCUT2D eigenvalue weighted by molar-refractivity contribution is 6.37. The Bertz CT molecular complexity index is 484. The van der Waals surface area contributed by atoms with Crippen LogP contribution in [-0.4, -0.2) is 44.8 Å². The Morgan fingerprint density at radius 3 is 2.70 bits per heavy atom. The van der Waals surface area contributed by atoms with Gasteiger partial charge in [-0.25, -0.2) is 4.79 Å². The fourth-order valence-electron chi connectivity index (χ4n) is 2.03. The summed E-state index contributed by atoms with van der Waals surface area (Å²) in [6, 6.07) is 7.38. The predicted octanol–water partition coefficient (Wildman–Crippen LogP) is 1.02. The van der Waals surface area contributed by atoms with Gasteiger partial charge < -0.3 is 19.7 Å². The third-order valence-corrected chi connectivity index (χ3v) is 2.96. The van der Waals surface area contributed by atoms with Gasteiger partial charge >= 0.3 is 11.9 Å². The molecule has 1 heterocycles. The minimum atomic E-state index is -0.871. The lowest BCUT2D eigenvalue weighted by atomic mass is 10.2. The average Bonchev–Trinajstić information content (AvgIpc) is 2.49. The van der Waals surface area contributed by atoms with Crippen molar-refractivity contribution in [2.75, 3.05) is 43.1 Å². The predicted molar refractivity (Wildman–Crippen MR) is 74.7 cm³/mol. The van der Waals surface area contributed by atoms with Gasteiger partial charge in [0.15, 0.2) is 0 Å². The highest BCUT2D eigenvalue weighted by atomic mass is 16.5. The molecule has 1 fully saturated rings. The van der Waals surface area contributed by atoms with Gasteiger partial charge in [-0.15, -0.1) is 0 Å². The van der Waals surface area contributed by atoms with Crippen LogP contribution in [0.15, 0.2) is 24.3 Å². The van der Waals surface area contributed by atoms with Crippen molar-refractivity contribution in [3.63, 3.8) is 0 Å². The number of ether oxygens (including phenoxy) is 2. The van der Waals surface area contributed by atoms with E-state index in [-0.39, 0.29) is 6.61 Å². The molecule has 2 rings (SSSR count). The van der Waals surface area contributed by atoms with Gasteiger partial charge in [0.1, 0.15) is 0 Å². The second kappa shape index (κ2) is 6.91. The molecule has 108 valence electrons. The molecular formula is C14H18N2O4. The number of anilines is 2. The number of morpholine rings is 1. The third kappa shape index (κ3) is 3.48. The highest BCUT2D eigenvalue weighted by Gasteiger charge is 2.19. The molecule has 1 N–H and O–H groups in total. The Morgan fingerprint density at radius 2 is 2.00 bits per heavy atom. The van der Waals surface area contributed by atoms with Crippen LogP contribution >= 0.6 is 0 Å². The van der Waals surface area contributed by atoms with E-state index >= 15 is 0 Å². The maximum atomic E-state index is 11.7. The average molecular weight is 278 g/mol. The molecule has 0 saturated carbocycles. The summed E-state index contributed by atoms with van der Waals surface area (Å²) in [6.45, 7) is 4.66. The number of para-hydroxylation sites is 2. The zero-order chi connectivity index (χ0) is 14.4. The van der Waals surface area contributed by atoms with Gasteiger partial charge in [0.05, 0.1) is 31.2 Å². The molecule has 1 amide bonds. The van der Waals surface area contributed by atoms with E-state index in [2.05, 4.69) is 15.0 Å². The lowest BCUT2D eigenvalue weighted by Crippen LogP contribution is -2.37. The number of rotatable bonds is 3. The number of hydrogen-bond donors (Lipinski definition) is 1. The number of esters is 1. The van der Waals surface area contributed by atoms with Crippen molar-refractivity contribution in [3.05, 3.63) is 24.3 Å². The zero-order valence-corrected chi connectivity index (χ0v) is 11.4. The van der Waals surface area contributed by atoms with Gasteiger partial charge in [0.2, 0.25) is 0 Å². The second-order valence-corrected chi connectivity index (χ2v) is 4.29. The van der Waals surface area contributed by atoms with Crippen molar-refractivity contribution in [2.45, 2.75) is 6.92 Å². The summed E-state index contributed by atoms with van der Waals surface area (Å²) >= 11 is 0. The van der Waals surface area contributed by atoms with Gasteiger partial charge in [-0.1, -0.05) is 12.1 Å². The number of amides is 1. The van der Waals surface area contributed by atoms with Crippen LogP contribution in [0.4, 0.5) is 11.4 Å². The van der Waals surface area contributed by atoms with E-state index in [1.165, 1.54) is 0 Å². The van der Waals surface area contributed by atoms with E-state index in [0.29, 0.717) is 18.9 Å². The summed E-state index contributed by atoms with van der Waals surface area (Å²) in [5.41, 5.74) is 1.49. The van der Waals surface area contributed by atoms with Crippen LogP contribution in [0.1, 0.15) is 6.92 Å². The van der Waals surface area contributed by atoms with Crippen molar-refractivity contribution in [3.8, 4) is 0 Å². The third-order valence-electron chi connectivity index (χ3n) is 2.96. The number of nitrogens with one attached hydrogen (secondary N) is 1. The first-order chi connectivity index (χ1) is 9.72. The second-order valence-electron chi connectivity index (χ2n) is 4.29. The highest BCUT2D eigenvalue weighted by Crippen LogP contribution is 2.26. The van der Waals surface area contributed by atoms with Gasteiger partial charge in [0, 0.05) is 13.1 Å². The summed E-state index contributed by atoms with van der Waals surface area (Å²) in [5, 5.41) is 2.60. The maximum Gasteiger partial charge on any atom is 0.397 e. The molecule has 0 aromatic heterocycles. The quantitative estimate of drug-likeness (QED) is 0.660. The largest absolute Gasteiger partial charge is 0.459 e. The van der Waals surface area contributed by atoms with E-state index in [1.54, 1.807) is 13.0 Å². The number of carbonyl (C=O) groups excluding carboxylic acids is 2. The number of benzene rings is 1. The van der Waals surface area contributed by atoms with Crippen LogP contribution in [0.25, 0.3) is 0 Å². The first-order valence-corrected chi connectivity index (χ1v) is 6.62. The molecule has 0 spiro atoms. The van der Waals surface area contributed by atoms with E-state index in [1.807, 2.05) is 18.2 Å². The lowest BCUT2D eigenvalue weighted by molar-refractivity contribution is -0.152. The van der Waals surface area contributed by atoms with Gasteiger partial charge in [-0.05, 0) is 19.1 Å². The molecule has 1 aromatic rings.